The molecule has 1 fully saturated rings. The van der Waals surface area contributed by atoms with Crippen LogP contribution in [0.1, 0.15) is 40.0 Å². The molecule has 26 heavy (non-hydrogen) atoms. The van der Waals surface area contributed by atoms with E-state index in [0.29, 0.717) is 24.8 Å². The molecule has 2 aliphatic rings. The third-order valence-corrected chi connectivity index (χ3v) is 5.14. The number of carbonyl (C=O) groups is 2. The Morgan fingerprint density at radius 1 is 1.50 bits per heavy atom. The van der Waals surface area contributed by atoms with Crippen molar-refractivity contribution in [3.05, 3.63) is 35.5 Å². The van der Waals surface area contributed by atoms with Crippen molar-refractivity contribution in [3.8, 4) is 0 Å². The fourth-order valence-corrected chi connectivity index (χ4v) is 3.23. The van der Waals surface area contributed by atoms with Gasteiger partial charge in [0.25, 0.3) is 0 Å². The highest BCUT2D eigenvalue weighted by Gasteiger charge is 2.46. The van der Waals surface area contributed by atoms with E-state index in [9.17, 15) is 19.8 Å². The Morgan fingerprint density at radius 3 is 2.81 bits per heavy atom. The molecule has 2 N–H and O–H groups in total. The molecule has 6 nitrogen and oxygen atoms in total. The Morgan fingerprint density at radius 2 is 2.19 bits per heavy atom. The Kier molecular flexibility index (Phi) is 6.78. The lowest BCUT2D eigenvalue weighted by Gasteiger charge is -2.31. The minimum Gasteiger partial charge on any atom is -0.455 e. The van der Waals surface area contributed by atoms with Crippen LogP contribution >= 0.6 is 0 Å². The zero-order valence-corrected chi connectivity index (χ0v) is 15.6. The summed E-state index contributed by atoms with van der Waals surface area (Å²) in [7, 11) is 0. The summed E-state index contributed by atoms with van der Waals surface area (Å²) in [5.41, 5.74) is 1.59. The number of hydrogen-bond acceptors (Lipinski definition) is 6. The lowest BCUT2D eigenvalue weighted by molar-refractivity contribution is -0.159. The summed E-state index contributed by atoms with van der Waals surface area (Å²) in [6.45, 7) is 8.94. The first-order valence-electron chi connectivity index (χ1n) is 9.05. The van der Waals surface area contributed by atoms with Crippen molar-refractivity contribution in [3.63, 3.8) is 0 Å². The first kappa shape index (κ1) is 20.4. The van der Waals surface area contributed by atoms with Gasteiger partial charge in [0.15, 0.2) is 6.10 Å². The number of allylic oxidation sites excluding steroid dienone is 2. The molecule has 5 atom stereocenters. The number of hydrogen-bond donors (Lipinski definition) is 2. The topological polar surface area (TPSA) is 93.1 Å². The van der Waals surface area contributed by atoms with E-state index in [1.807, 2.05) is 19.9 Å². The van der Waals surface area contributed by atoms with E-state index in [1.165, 1.54) is 0 Å². The van der Waals surface area contributed by atoms with Crippen molar-refractivity contribution < 1.29 is 29.3 Å². The number of fused-ring (bicyclic) bond motifs is 1. The predicted molar refractivity (Wildman–Crippen MR) is 96.0 cm³/mol. The molecule has 0 bridgehead atoms. The van der Waals surface area contributed by atoms with Gasteiger partial charge in [-0.2, -0.15) is 0 Å². The van der Waals surface area contributed by atoms with Crippen LogP contribution in [0, 0.1) is 11.8 Å². The fraction of sp³-hybridized carbons (Fsp3) is 0.600. The van der Waals surface area contributed by atoms with Crippen LogP contribution in [0.4, 0.5) is 0 Å². The summed E-state index contributed by atoms with van der Waals surface area (Å²) in [5, 5.41) is 20.8. The average Bonchev–Trinajstić information content (AvgIpc) is 2.88. The first-order chi connectivity index (χ1) is 12.3. The van der Waals surface area contributed by atoms with Crippen LogP contribution in [0.25, 0.3) is 0 Å². The molecule has 5 unspecified atom stereocenters. The van der Waals surface area contributed by atoms with Gasteiger partial charge in [0.1, 0.15) is 12.2 Å². The minimum atomic E-state index is -1.24. The highest BCUT2D eigenvalue weighted by molar-refractivity contribution is 5.91. The average molecular weight is 364 g/mol. The molecule has 0 spiro atoms. The summed E-state index contributed by atoms with van der Waals surface area (Å²) in [4.78, 5) is 24.3. The van der Waals surface area contributed by atoms with Gasteiger partial charge >= 0.3 is 11.9 Å². The van der Waals surface area contributed by atoms with Crippen molar-refractivity contribution in [2.75, 3.05) is 6.61 Å². The van der Waals surface area contributed by atoms with E-state index in [2.05, 4.69) is 6.58 Å². The van der Waals surface area contributed by atoms with Gasteiger partial charge in [-0.3, -0.25) is 4.79 Å². The summed E-state index contributed by atoms with van der Waals surface area (Å²) in [6.07, 6.45) is 2.58. The van der Waals surface area contributed by atoms with Gasteiger partial charge in [0.05, 0.1) is 18.4 Å². The Labute approximate surface area is 154 Å². The summed E-state index contributed by atoms with van der Waals surface area (Å²) in [5.74, 6) is -2.09. The van der Waals surface area contributed by atoms with Crippen molar-refractivity contribution in [2.24, 2.45) is 11.8 Å². The Hall–Kier alpha value is -1.92. The second-order valence-electron chi connectivity index (χ2n) is 7.07. The van der Waals surface area contributed by atoms with Gasteiger partial charge in [-0.15, -0.1) is 0 Å². The quantitative estimate of drug-likeness (QED) is 0.451. The molecule has 1 saturated heterocycles. The number of esters is 2. The Bertz CT molecular complexity index is 632. The number of carbonyl (C=O) groups excluding carboxylic acids is 2. The highest BCUT2D eigenvalue weighted by atomic mass is 16.6. The Balaban J connectivity index is 2.42. The minimum absolute atomic E-state index is 0.147. The SMILES string of the molecule is C=C1C(=O)OC2C=C(C)CCC=C(CO)C(OC(=O)C(C)CC)C(O)C12. The van der Waals surface area contributed by atoms with Crippen molar-refractivity contribution in [1.29, 1.82) is 0 Å². The van der Waals surface area contributed by atoms with E-state index >= 15 is 0 Å². The van der Waals surface area contributed by atoms with Gasteiger partial charge in [-0.05, 0) is 37.8 Å². The molecule has 1 aliphatic heterocycles. The van der Waals surface area contributed by atoms with E-state index in [-0.39, 0.29) is 18.1 Å². The van der Waals surface area contributed by atoms with E-state index in [0.717, 1.165) is 5.57 Å². The van der Waals surface area contributed by atoms with Crippen LogP contribution in [0.2, 0.25) is 0 Å². The van der Waals surface area contributed by atoms with Crippen molar-refractivity contribution >= 4 is 11.9 Å². The first-order valence-corrected chi connectivity index (χ1v) is 9.05. The van der Waals surface area contributed by atoms with Gasteiger partial charge < -0.3 is 19.7 Å². The molecule has 6 heteroatoms. The van der Waals surface area contributed by atoms with Gasteiger partial charge in [0.2, 0.25) is 0 Å². The number of aliphatic hydroxyl groups excluding tert-OH is 2. The van der Waals surface area contributed by atoms with Gasteiger partial charge in [-0.1, -0.05) is 32.1 Å². The van der Waals surface area contributed by atoms with E-state index in [4.69, 9.17) is 9.47 Å². The molecule has 0 aromatic carbocycles. The van der Waals surface area contributed by atoms with Gasteiger partial charge in [-0.25, -0.2) is 4.79 Å². The zero-order chi connectivity index (χ0) is 19.4. The second-order valence-corrected chi connectivity index (χ2v) is 7.07. The van der Waals surface area contributed by atoms with Crippen LogP contribution < -0.4 is 0 Å². The smallest absolute Gasteiger partial charge is 0.334 e. The highest BCUT2D eigenvalue weighted by Crippen LogP contribution is 2.36. The summed E-state index contributed by atoms with van der Waals surface area (Å²) >= 11 is 0. The lowest BCUT2D eigenvalue weighted by atomic mass is 9.83. The molecule has 0 aromatic rings. The molecular weight excluding hydrogens is 336 g/mol. The molecule has 1 aliphatic carbocycles. The molecular formula is C20H28O6. The van der Waals surface area contributed by atoms with Crippen molar-refractivity contribution in [1.82, 2.24) is 0 Å². The molecule has 0 radical (unpaired) electrons. The van der Waals surface area contributed by atoms with Gasteiger partial charge in [0, 0.05) is 5.57 Å². The number of aliphatic hydroxyl groups is 2. The predicted octanol–water partition coefficient (Wildman–Crippen LogP) is 2.06. The molecule has 144 valence electrons. The van der Waals surface area contributed by atoms with Crippen molar-refractivity contribution in [2.45, 2.75) is 58.3 Å². The number of rotatable bonds is 4. The maximum atomic E-state index is 12.3. The largest absolute Gasteiger partial charge is 0.455 e. The fourth-order valence-electron chi connectivity index (χ4n) is 3.23. The van der Waals surface area contributed by atoms with Crippen LogP contribution in [0.15, 0.2) is 35.5 Å². The molecule has 2 rings (SSSR count). The second kappa shape index (κ2) is 8.64. The lowest BCUT2D eigenvalue weighted by Crippen LogP contribution is -2.43. The van der Waals surface area contributed by atoms with Crippen LogP contribution in [0.3, 0.4) is 0 Å². The normalized spacial score (nSPS) is 30.7. The molecule has 1 heterocycles. The maximum Gasteiger partial charge on any atom is 0.334 e. The standard InChI is InChI=1S/C20H28O6/c1-5-12(3)19(23)26-18-14(10-21)8-6-7-11(2)9-15-16(17(18)22)13(4)20(24)25-15/h8-9,12,15-18,21-22H,4-7,10H2,1-3H3. The molecule has 0 aromatic heterocycles. The zero-order valence-electron chi connectivity index (χ0n) is 15.6. The third kappa shape index (κ3) is 4.24. The molecule has 0 saturated carbocycles. The maximum absolute atomic E-state index is 12.3. The van der Waals surface area contributed by atoms with Crippen LogP contribution in [-0.2, 0) is 19.1 Å². The monoisotopic (exact) mass is 364 g/mol. The van der Waals surface area contributed by atoms with Crippen LogP contribution in [0.5, 0.6) is 0 Å². The number of ether oxygens (including phenoxy) is 2. The van der Waals surface area contributed by atoms with E-state index in [1.54, 1.807) is 13.0 Å². The summed E-state index contributed by atoms with van der Waals surface area (Å²) < 4.78 is 10.9. The summed E-state index contributed by atoms with van der Waals surface area (Å²) in [6, 6.07) is 0. The molecule has 0 amide bonds. The third-order valence-electron chi connectivity index (χ3n) is 5.14. The van der Waals surface area contributed by atoms with Crippen LogP contribution in [-0.4, -0.2) is 47.1 Å². The van der Waals surface area contributed by atoms with E-state index < -0.39 is 36.2 Å².